The van der Waals surface area contributed by atoms with Gasteiger partial charge in [-0.05, 0) is 0 Å². The molecule has 0 aromatic heterocycles. The predicted molar refractivity (Wildman–Crippen MR) is 32.8 cm³/mol. The van der Waals surface area contributed by atoms with Crippen LogP contribution in [0, 0.1) is 0 Å². The number of methoxy groups -OCH3 is 1. The average Bonchev–Trinajstić information content (AvgIpc) is 1.67. The fourth-order valence-electron chi connectivity index (χ4n) is 0.374. The van der Waals surface area contributed by atoms with Gasteiger partial charge in [0.05, 0.1) is 0 Å². The molecular formula is C5H11BiO2. The van der Waals surface area contributed by atoms with Gasteiger partial charge in [-0.15, -0.1) is 0 Å². The quantitative estimate of drug-likeness (QED) is 0.707. The number of rotatable bonds is 3. The fourth-order valence-corrected chi connectivity index (χ4v) is 0.579. The van der Waals surface area contributed by atoms with E-state index in [2.05, 4.69) is 0 Å². The van der Waals surface area contributed by atoms with Gasteiger partial charge in [0.15, 0.2) is 0 Å². The SMILES string of the molecule is COCC(C)(C)[O][Bi]. The Morgan fingerprint density at radius 1 is 1.50 bits per heavy atom. The van der Waals surface area contributed by atoms with Crippen LogP contribution >= 0.6 is 0 Å². The molecule has 0 heterocycles. The first-order chi connectivity index (χ1) is 3.62. The van der Waals surface area contributed by atoms with Crippen LogP contribution in [0.1, 0.15) is 13.8 Å². The molecule has 0 aliphatic rings. The standard InChI is InChI=1S/C5H11O2.Bi/c1-5(2,6)4-7-3;/h4H2,1-3H3;/q-1;+1. The van der Waals surface area contributed by atoms with Crippen molar-refractivity contribution < 1.29 is 7.55 Å². The Balaban J connectivity index is 3.37. The van der Waals surface area contributed by atoms with Gasteiger partial charge in [-0.1, -0.05) is 0 Å². The zero-order valence-corrected chi connectivity index (χ0v) is 8.95. The average molecular weight is 312 g/mol. The van der Waals surface area contributed by atoms with Crippen LogP contribution in [0.4, 0.5) is 0 Å². The van der Waals surface area contributed by atoms with Crippen LogP contribution < -0.4 is 0 Å². The van der Waals surface area contributed by atoms with Gasteiger partial charge in [0, 0.05) is 0 Å². The third kappa shape index (κ3) is 3.76. The van der Waals surface area contributed by atoms with Crippen LogP contribution in [0.2, 0.25) is 0 Å². The molecule has 0 saturated carbocycles. The normalized spacial score (nSPS) is 12.0. The third-order valence-corrected chi connectivity index (χ3v) is 2.66. The van der Waals surface area contributed by atoms with Crippen molar-refractivity contribution in [2.75, 3.05) is 13.7 Å². The Hall–Kier alpha value is 0.803. The van der Waals surface area contributed by atoms with E-state index in [0.29, 0.717) is 6.61 Å². The number of hydrogen-bond acceptors (Lipinski definition) is 2. The van der Waals surface area contributed by atoms with E-state index in [0.717, 1.165) is 25.2 Å². The van der Waals surface area contributed by atoms with Crippen molar-refractivity contribution in [3.8, 4) is 0 Å². The molecule has 0 unspecified atom stereocenters. The molecule has 0 amide bonds. The predicted octanol–water partition coefficient (Wildman–Crippen LogP) is 0.512. The molecule has 2 nitrogen and oxygen atoms in total. The Morgan fingerprint density at radius 2 is 2.00 bits per heavy atom. The second kappa shape index (κ2) is 3.76. The zero-order valence-electron chi connectivity index (χ0n) is 5.47. The maximum absolute atomic E-state index is 5.16. The van der Waals surface area contributed by atoms with Crippen molar-refractivity contribution >= 4 is 25.2 Å². The molecule has 48 valence electrons. The van der Waals surface area contributed by atoms with E-state index in [4.69, 9.17) is 7.55 Å². The van der Waals surface area contributed by atoms with Crippen LogP contribution in [0.5, 0.6) is 0 Å². The molecule has 3 heteroatoms. The summed E-state index contributed by atoms with van der Waals surface area (Å²) in [5.41, 5.74) is -0.0808. The Kier molecular flexibility index (Phi) is 4.14. The monoisotopic (exact) mass is 312 g/mol. The molecule has 0 bridgehead atoms. The summed E-state index contributed by atoms with van der Waals surface area (Å²) in [4.78, 5) is 0. The first-order valence-corrected chi connectivity index (χ1v) is 3.86. The molecule has 0 N–H and O–H groups in total. The molecule has 0 fully saturated rings. The number of hydrogen-bond donors (Lipinski definition) is 0. The second-order valence-corrected chi connectivity index (χ2v) is 2.99. The maximum atomic E-state index is 5.16. The third-order valence-electron chi connectivity index (χ3n) is 0.739. The summed E-state index contributed by atoms with van der Waals surface area (Å²) in [5, 5.41) is 0. The van der Waals surface area contributed by atoms with E-state index >= 15 is 0 Å². The van der Waals surface area contributed by atoms with Gasteiger partial charge in [0.1, 0.15) is 0 Å². The summed E-state index contributed by atoms with van der Waals surface area (Å²) in [6.07, 6.45) is 0. The van der Waals surface area contributed by atoms with Gasteiger partial charge >= 0.3 is 65.9 Å². The van der Waals surface area contributed by atoms with Gasteiger partial charge in [0.2, 0.25) is 0 Å². The summed E-state index contributed by atoms with van der Waals surface area (Å²) in [6, 6.07) is 0. The van der Waals surface area contributed by atoms with Crippen LogP contribution in [-0.2, 0) is 7.55 Å². The van der Waals surface area contributed by atoms with Crippen LogP contribution in [0.15, 0.2) is 0 Å². The summed E-state index contributed by atoms with van der Waals surface area (Å²) in [7, 11) is 1.68. The molecule has 0 saturated heterocycles. The summed E-state index contributed by atoms with van der Waals surface area (Å²) in [6.45, 7) is 4.69. The van der Waals surface area contributed by atoms with E-state index in [1.54, 1.807) is 7.11 Å². The van der Waals surface area contributed by atoms with Crippen LogP contribution in [0.25, 0.3) is 0 Å². The van der Waals surface area contributed by atoms with Crippen molar-refractivity contribution in [2.24, 2.45) is 0 Å². The Labute approximate surface area is 66.0 Å². The molecular weight excluding hydrogens is 301 g/mol. The second-order valence-electron chi connectivity index (χ2n) is 2.28. The zero-order chi connectivity index (χ0) is 6.62. The van der Waals surface area contributed by atoms with Gasteiger partial charge < -0.3 is 0 Å². The van der Waals surface area contributed by atoms with Crippen molar-refractivity contribution in [2.45, 2.75) is 19.4 Å². The topological polar surface area (TPSA) is 18.5 Å². The van der Waals surface area contributed by atoms with Gasteiger partial charge in [-0.25, -0.2) is 0 Å². The molecule has 0 aromatic rings. The minimum atomic E-state index is -0.0808. The first-order valence-electron chi connectivity index (χ1n) is 2.44. The fraction of sp³-hybridized carbons (Fsp3) is 1.00. The van der Waals surface area contributed by atoms with Crippen LogP contribution in [0.3, 0.4) is 0 Å². The van der Waals surface area contributed by atoms with Crippen molar-refractivity contribution in [1.82, 2.24) is 0 Å². The van der Waals surface area contributed by atoms with Crippen molar-refractivity contribution in [1.29, 1.82) is 0 Å². The van der Waals surface area contributed by atoms with Crippen molar-refractivity contribution in [3.05, 3.63) is 0 Å². The van der Waals surface area contributed by atoms with E-state index in [9.17, 15) is 0 Å². The minimum absolute atomic E-state index is 0.0808. The molecule has 0 spiro atoms. The first kappa shape index (κ1) is 8.80. The Bertz CT molecular complexity index is 63.4. The summed E-state index contributed by atoms with van der Waals surface area (Å²) in [5.74, 6) is 0. The molecule has 0 aliphatic heterocycles. The molecule has 8 heavy (non-hydrogen) atoms. The van der Waals surface area contributed by atoms with Crippen LogP contribution in [-0.4, -0.2) is 44.5 Å². The van der Waals surface area contributed by atoms with E-state index < -0.39 is 0 Å². The number of ether oxygens (including phenoxy) is 1. The summed E-state index contributed by atoms with van der Waals surface area (Å²) >= 11 is 0.961. The molecule has 0 aliphatic carbocycles. The van der Waals surface area contributed by atoms with E-state index in [-0.39, 0.29) is 5.60 Å². The van der Waals surface area contributed by atoms with E-state index in [1.807, 2.05) is 13.8 Å². The van der Waals surface area contributed by atoms with Gasteiger partial charge in [-0.3, -0.25) is 0 Å². The molecule has 0 aromatic carbocycles. The van der Waals surface area contributed by atoms with Gasteiger partial charge in [-0.2, -0.15) is 0 Å². The Morgan fingerprint density at radius 3 is 2.12 bits per heavy atom. The van der Waals surface area contributed by atoms with E-state index in [1.165, 1.54) is 0 Å². The summed E-state index contributed by atoms with van der Waals surface area (Å²) < 4.78 is 10.1. The molecule has 0 rings (SSSR count). The van der Waals surface area contributed by atoms with Gasteiger partial charge in [0.25, 0.3) is 0 Å². The molecule has 2 radical (unpaired) electrons. The molecule has 0 atom stereocenters. The van der Waals surface area contributed by atoms with Crippen molar-refractivity contribution in [3.63, 3.8) is 0 Å².